The van der Waals surface area contributed by atoms with Gasteiger partial charge >= 0.3 is 5.97 Å². The molecule has 0 spiro atoms. The molecule has 5 heteroatoms. The first-order chi connectivity index (χ1) is 7.59. The summed E-state index contributed by atoms with van der Waals surface area (Å²) in [5.74, 6) is -0.417. The summed E-state index contributed by atoms with van der Waals surface area (Å²) in [4.78, 5) is 14.7. The molecule has 16 heavy (non-hydrogen) atoms. The van der Waals surface area contributed by atoms with Crippen LogP contribution in [0.5, 0.6) is 0 Å². The minimum atomic E-state index is -0.963. The normalized spacial score (nSPS) is 12.1. The number of carbonyl (C=O) groups is 1. The van der Waals surface area contributed by atoms with E-state index in [9.17, 15) is 4.79 Å². The summed E-state index contributed by atoms with van der Waals surface area (Å²) in [6.45, 7) is 2.41. The van der Waals surface area contributed by atoms with Gasteiger partial charge in [-0.2, -0.15) is 0 Å². The van der Waals surface area contributed by atoms with Crippen LogP contribution in [0.2, 0.25) is 0 Å². The van der Waals surface area contributed by atoms with Gasteiger partial charge in [-0.15, -0.1) is 0 Å². The standard InChI is InChI=1S/C11H16N2O3/c1-8(14)3-2-5-12-10-7-9(11(15)16)4-6-13-10/h4,6-8,14H,2-3,5H2,1H3,(H,12,13)(H,15,16). The Morgan fingerprint density at radius 1 is 1.62 bits per heavy atom. The molecule has 1 atom stereocenters. The summed E-state index contributed by atoms with van der Waals surface area (Å²) in [6, 6.07) is 2.94. The SMILES string of the molecule is CC(O)CCCNc1cc(C(=O)O)ccn1. The largest absolute Gasteiger partial charge is 0.478 e. The van der Waals surface area contributed by atoms with E-state index in [0.717, 1.165) is 6.42 Å². The molecule has 0 aliphatic heterocycles. The van der Waals surface area contributed by atoms with Crippen LogP contribution in [0.3, 0.4) is 0 Å². The summed E-state index contributed by atoms with van der Waals surface area (Å²) in [5, 5.41) is 20.8. The molecule has 0 radical (unpaired) electrons. The highest BCUT2D eigenvalue weighted by Gasteiger charge is 2.03. The molecule has 1 aromatic rings. The fraction of sp³-hybridized carbons (Fsp3) is 0.455. The number of pyridine rings is 1. The van der Waals surface area contributed by atoms with E-state index in [4.69, 9.17) is 10.2 Å². The van der Waals surface area contributed by atoms with Gasteiger partial charge in [0.25, 0.3) is 0 Å². The topological polar surface area (TPSA) is 82.5 Å². The molecule has 1 aromatic heterocycles. The van der Waals surface area contributed by atoms with Crippen molar-refractivity contribution in [2.24, 2.45) is 0 Å². The predicted octanol–water partition coefficient (Wildman–Crippen LogP) is 1.35. The molecule has 0 aromatic carbocycles. The van der Waals surface area contributed by atoms with Crippen molar-refractivity contribution in [3.63, 3.8) is 0 Å². The summed E-state index contributed by atoms with van der Waals surface area (Å²) in [7, 11) is 0. The molecule has 0 saturated carbocycles. The summed E-state index contributed by atoms with van der Waals surface area (Å²) >= 11 is 0. The Morgan fingerprint density at radius 2 is 2.38 bits per heavy atom. The maximum Gasteiger partial charge on any atom is 0.335 e. The van der Waals surface area contributed by atoms with Crippen molar-refractivity contribution in [3.8, 4) is 0 Å². The summed E-state index contributed by atoms with van der Waals surface area (Å²) in [5.41, 5.74) is 0.216. The fourth-order valence-electron chi connectivity index (χ4n) is 1.27. The van der Waals surface area contributed by atoms with Gasteiger partial charge in [-0.05, 0) is 31.9 Å². The summed E-state index contributed by atoms with van der Waals surface area (Å²) in [6.07, 6.45) is 2.68. The maximum absolute atomic E-state index is 10.7. The van der Waals surface area contributed by atoms with Crippen molar-refractivity contribution in [2.75, 3.05) is 11.9 Å². The van der Waals surface area contributed by atoms with Crippen molar-refractivity contribution >= 4 is 11.8 Å². The van der Waals surface area contributed by atoms with E-state index in [1.165, 1.54) is 18.3 Å². The zero-order valence-corrected chi connectivity index (χ0v) is 9.18. The van der Waals surface area contributed by atoms with Crippen LogP contribution in [0, 0.1) is 0 Å². The number of carboxylic acids is 1. The molecular weight excluding hydrogens is 208 g/mol. The third-order valence-electron chi connectivity index (χ3n) is 2.11. The second-order valence-electron chi connectivity index (χ2n) is 3.65. The number of hydrogen-bond acceptors (Lipinski definition) is 4. The molecule has 0 aliphatic rings. The Hall–Kier alpha value is -1.62. The van der Waals surface area contributed by atoms with Crippen LogP contribution in [0.25, 0.3) is 0 Å². The quantitative estimate of drug-likeness (QED) is 0.635. The number of nitrogens with zero attached hydrogens (tertiary/aromatic N) is 1. The molecular formula is C11H16N2O3. The van der Waals surface area contributed by atoms with E-state index in [-0.39, 0.29) is 11.7 Å². The number of aromatic nitrogens is 1. The monoisotopic (exact) mass is 224 g/mol. The van der Waals surface area contributed by atoms with E-state index in [0.29, 0.717) is 18.8 Å². The van der Waals surface area contributed by atoms with Gasteiger partial charge in [0.15, 0.2) is 0 Å². The second-order valence-corrected chi connectivity index (χ2v) is 3.65. The average Bonchev–Trinajstić information content (AvgIpc) is 2.24. The van der Waals surface area contributed by atoms with Gasteiger partial charge in [0.2, 0.25) is 0 Å². The molecule has 0 fully saturated rings. The van der Waals surface area contributed by atoms with Crippen LogP contribution in [-0.2, 0) is 0 Å². The van der Waals surface area contributed by atoms with Crippen LogP contribution in [-0.4, -0.2) is 33.8 Å². The van der Waals surface area contributed by atoms with Crippen molar-refractivity contribution < 1.29 is 15.0 Å². The Bertz CT molecular complexity index is 353. The molecule has 1 heterocycles. The Kier molecular flexibility index (Phi) is 4.72. The molecule has 1 unspecified atom stereocenters. The molecule has 88 valence electrons. The Balaban J connectivity index is 2.42. The number of rotatable bonds is 6. The van der Waals surface area contributed by atoms with Crippen LogP contribution in [0.15, 0.2) is 18.3 Å². The van der Waals surface area contributed by atoms with E-state index in [2.05, 4.69) is 10.3 Å². The molecule has 0 aliphatic carbocycles. The van der Waals surface area contributed by atoms with Gasteiger partial charge in [0.05, 0.1) is 11.7 Å². The first kappa shape index (κ1) is 12.4. The number of anilines is 1. The first-order valence-corrected chi connectivity index (χ1v) is 5.21. The number of nitrogens with one attached hydrogen (secondary N) is 1. The van der Waals surface area contributed by atoms with Crippen LogP contribution in [0.1, 0.15) is 30.1 Å². The molecule has 1 rings (SSSR count). The molecule has 5 nitrogen and oxygen atoms in total. The third kappa shape index (κ3) is 4.27. The smallest absolute Gasteiger partial charge is 0.335 e. The number of aliphatic hydroxyl groups is 1. The second kappa shape index (κ2) is 6.07. The number of aromatic carboxylic acids is 1. The van der Waals surface area contributed by atoms with Crippen LogP contribution >= 0.6 is 0 Å². The van der Waals surface area contributed by atoms with E-state index in [1.807, 2.05) is 0 Å². The van der Waals surface area contributed by atoms with Crippen molar-refractivity contribution in [1.29, 1.82) is 0 Å². The van der Waals surface area contributed by atoms with Gasteiger partial charge in [0, 0.05) is 12.7 Å². The maximum atomic E-state index is 10.7. The van der Waals surface area contributed by atoms with Crippen molar-refractivity contribution in [2.45, 2.75) is 25.9 Å². The lowest BCUT2D eigenvalue weighted by molar-refractivity contribution is 0.0697. The number of aliphatic hydroxyl groups excluding tert-OH is 1. The molecule has 0 bridgehead atoms. The van der Waals surface area contributed by atoms with E-state index < -0.39 is 5.97 Å². The van der Waals surface area contributed by atoms with Crippen LogP contribution < -0.4 is 5.32 Å². The first-order valence-electron chi connectivity index (χ1n) is 5.21. The Morgan fingerprint density at radius 3 is 3.00 bits per heavy atom. The lowest BCUT2D eigenvalue weighted by Crippen LogP contribution is -2.08. The third-order valence-corrected chi connectivity index (χ3v) is 2.11. The molecule has 0 saturated heterocycles. The molecule has 3 N–H and O–H groups in total. The van der Waals surface area contributed by atoms with Gasteiger partial charge in [-0.3, -0.25) is 0 Å². The molecule has 0 amide bonds. The van der Waals surface area contributed by atoms with Crippen molar-refractivity contribution in [3.05, 3.63) is 23.9 Å². The van der Waals surface area contributed by atoms with Crippen LogP contribution in [0.4, 0.5) is 5.82 Å². The predicted molar refractivity (Wildman–Crippen MR) is 60.6 cm³/mol. The van der Waals surface area contributed by atoms with Gasteiger partial charge < -0.3 is 15.5 Å². The van der Waals surface area contributed by atoms with Crippen molar-refractivity contribution in [1.82, 2.24) is 4.98 Å². The number of hydrogen-bond donors (Lipinski definition) is 3. The van der Waals surface area contributed by atoms with E-state index in [1.54, 1.807) is 6.92 Å². The zero-order valence-electron chi connectivity index (χ0n) is 9.18. The zero-order chi connectivity index (χ0) is 12.0. The van der Waals surface area contributed by atoms with Gasteiger partial charge in [0.1, 0.15) is 5.82 Å². The highest BCUT2D eigenvalue weighted by atomic mass is 16.4. The highest BCUT2D eigenvalue weighted by Crippen LogP contribution is 2.07. The Labute approximate surface area is 94.1 Å². The average molecular weight is 224 g/mol. The minimum Gasteiger partial charge on any atom is -0.478 e. The van der Waals surface area contributed by atoms with Gasteiger partial charge in [-0.1, -0.05) is 0 Å². The lowest BCUT2D eigenvalue weighted by Gasteiger charge is -2.07. The minimum absolute atomic E-state index is 0.216. The van der Waals surface area contributed by atoms with Gasteiger partial charge in [-0.25, -0.2) is 9.78 Å². The highest BCUT2D eigenvalue weighted by molar-refractivity contribution is 5.88. The fourth-order valence-corrected chi connectivity index (χ4v) is 1.27. The lowest BCUT2D eigenvalue weighted by atomic mass is 10.2. The van der Waals surface area contributed by atoms with E-state index >= 15 is 0 Å². The summed E-state index contributed by atoms with van der Waals surface area (Å²) < 4.78 is 0. The number of carboxylic acid groups (broad SMARTS) is 1.